The summed E-state index contributed by atoms with van der Waals surface area (Å²) in [6, 6.07) is 1.60. The minimum absolute atomic E-state index is 0.0129. The Morgan fingerprint density at radius 3 is 2.84 bits per heavy atom. The fourth-order valence-corrected chi connectivity index (χ4v) is 2.55. The third kappa shape index (κ3) is 2.59. The van der Waals surface area contributed by atoms with Crippen molar-refractivity contribution >= 4 is 17.4 Å². The number of nitro groups is 1. The Balaban J connectivity index is 2.41. The summed E-state index contributed by atoms with van der Waals surface area (Å²) in [6.45, 7) is 1.54. The zero-order valence-corrected chi connectivity index (χ0v) is 11.2. The number of aromatic nitrogens is 3. The topological polar surface area (TPSA) is 94.1 Å². The Labute approximate surface area is 113 Å². The van der Waals surface area contributed by atoms with Crippen LogP contribution >= 0.6 is 11.8 Å². The number of aliphatic hydroxyl groups is 1. The maximum absolute atomic E-state index is 11.1. The maximum atomic E-state index is 11.1. The lowest BCUT2D eigenvalue weighted by Gasteiger charge is -2.05. The highest BCUT2D eigenvalue weighted by Crippen LogP contribution is 2.34. The van der Waals surface area contributed by atoms with Crippen LogP contribution in [0.15, 0.2) is 28.6 Å². The lowest BCUT2D eigenvalue weighted by Crippen LogP contribution is -2.00. The van der Waals surface area contributed by atoms with Crippen molar-refractivity contribution < 1.29 is 10.0 Å². The molecule has 0 aliphatic carbocycles. The van der Waals surface area contributed by atoms with E-state index in [0.717, 1.165) is 11.8 Å². The maximum Gasteiger partial charge on any atom is 0.304 e. The first-order valence-corrected chi connectivity index (χ1v) is 6.25. The van der Waals surface area contributed by atoms with Gasteiger partial charge in [0.05, 0.1) is 23.4 Å². The Bertz CT molecular complexity index is 626. The van der Waals surface area contributed by atoms with E-state index in [9.17, 15) is 10.1 Å². The number of imidazole rings is 1. The predicted octanol–water partition coefficient (Wildman–Crippen LogP) is 1.68. The van der Waals surface area contributed by atoms with Gasteiger partial charge in [0.15, 0.2) is 10.2 Å². The summed E-state index contributed by atoms with van der Waals surface area (Å²) in [5.74, 6) is 0. The SMILES string of the molecule is Cc1ccnc(Sc2ncc(CO)n2C)c1[N+](=O)[O-]. The molecule has 0 atom stereocenters. The predicted molar refractivity (Wildman–Crippen MR) is 68.9 cm³/mol. The smallest absolute Gasteiger partial charge is 0.304 e. The van der Waals surface area contributed by atoms with Gasteiger partial charge in [-0.1, -0.05) is 0 Å². The van der Waals surface area contributed by atoms with Crippen LogP contribution in [0.25, 0.3) is 0 Å². The molecule has 1 N–H and O–H groups in total. The van der Waals surface area contributed by atoms with E-state index in [1.165, 1.54) is 12.4 Å². The van der Waals surface area contributed by atoms with Crippen LogP contribution in [-0.4, -0.2) is 24.6 Å². The van der Waals surface area contributed by atoms with E-state index in [4.69, 9.17) is 5.11 Å². The number of aryl methyl sites for hydroxylation is 1. The van der Waals surface area contributed by atoms with Crippen molar-refractivity contribution in [1.82, 2.24) is 14.5 Å². The van der Waals surface area contributed by atoms with Gasteiger partial charge in [-0.2, -0.15) is 0 Å². The van der Waals surface area contributed by atoms with E-state index in [2.05, 4.69) is 9.97 Å². The standard InChI is InChI=1S/C11H12N4O3S/c1-7-3-4-12-10(9(7)15(17)18)19-11-13-5-8(6-16)14(11)2/h3-5,16H,6H2,1-2H3. The summed E-state index contributed by atoms with van der Waals surface area (Å²) in [7, 11) is 1.74. The van der Waals surface area contributed by atoms with Gasteiger partial charge >= 0.3 is 5.69 Å². The van der Waals surface area contributed by atoms with Crippen LogP contribution < -0.4 is 0 Å². The normalized spacial score (nSPS) is 10.7. The molecular weight excluding hydrogens is 268 g/mol. The molecule has 0 amide bonds. The quantitative estimate of drug-likeness (QED) is 0.676. The second-order valence-electron chi connectivity index (χ2n) is 3.89. The molecule has 0 aromatic carbocycles. The molecule has 2 rings (SSSR count). The molecular formula is C11H12N4O3S. The number of hydrogen-bond acceptors (Lipinski definition) is 6. The first-order chi connectivity index (χ1) is 9.04. The Morgan fingerprint density at radius 1 is 1.53 bits per heavy atom. The van der Waals surface area contributed by atoms with E-state index in [1.54, 1.807) is 24.6 Å². The molecule has 0 aliphatic heterocycles. The first kappa shape index (κ1) is 13.5. The highest BCUT2D eigenvalue weighted by molar-refractivity contribution is 7.99. The number of rotatable bonds is 4. The fourth-order valence-electron chi connectivity index (χ4n) is 1.58. The zero-order chi connectivity index (χ0) is 14.0. The van der Waals surface area contributed by atoms with E-state index >= 15 is 0 Å². The second-order valence-corrected chi connectivity index (χ2v) is 4.85. The van der Waals surface area contributed by atoms with Crippen molar-refractivity contribution in [3.8, 4) is 0 Å². The van der Waals surface area contributed by atoms with Crippen molar-refractivity contribution in [2.75, 3.05) is 0 Å². The lowest BCUT2D eigenvalue weighted by atomic mass is 10.3. The minimum Gasteiger partial charge on any atom is -0.390 e. The highest BCUT2D eigenvalue weighted by atomic mass is 32.2. The van der Waals surface area contributed by atoms with Crippen LogP contribution in [0.1, 0.15) is 11.3 Å². The molecule has 100 valence electrons. The molecule has 0 fully saturated rings. The van der Waals surface area contributed by atoms with Crippen LogP contribution in [-0.2, 0) is 13.7 Å². The Hall–Kier alpha value is -1.93. The number of hydrogen-bond donors (Lipinski definition) is 1. The summed E-state index contributed by atoms with van der Waals surface area (Å²) in [6.07, 6.45) is 3.06. The number of pyridine rings is 1. The fraction of sp³-hybridized carbons (Fsp3) is 0.273. The largest absolute Gasteiger partial charge is 0.390 e. The van der Waals surface area contributed by atoms with Crippen molar-refractivity contribution in [3.05, 3.63) is 39.8 Å². The van der Waals surface area contributed by atoms with E-state index in [1.807, 2.05) is 0 Å². The van der Waals surface area contributed by atoms with E-state index in [0.29, 0.717) is 21.4 Å². The van der Waals surface area contributed by atoms with Crippen molar-refractivity contribution in [2.24, 2.45) is 7.05 Å². The van der Waals surface area contributed by atoms with E-state index in [-0.39, 0.29) is 12.3 Å². The molecule has 0 spiro atoms. The molecule has 0 saturated heterocycles. The first-order valence-electron chi connectivity index (χ1n) is 5.44. The van der Waals surface area contributed by atoms with Gasteiger partial charge in [0.2, 0.25) is 0 Å². The van der Waals surface area contributed by atoms with E-state index < -0.39 is 4.92 Å². The molecule has 0 radical (unpaired) electrons. The van der Waals surface area contributed by atoms with Gasteiger partial charge < -0.3 is 9.67 Å². The Kier molecular flexibility index (Phi) is 3.82. The van der Waals surface area contributed by atoms with Crippen LogP contribution in [0.3, 0.4) is 0 Å². The average Bonchev–Trinajstić information content (AvgIpc) is 2.70. The van der Waals surface area contributed by atoms with Crippen LogP contribution in [0.5, 0.6) is 0 Å². The van der Waals surface area contributed by atoms with Crippen LogP contribution in [0.2, 0.25) is 0 Å². The molecule has 2 aromatic rings. The summed E-state index contributed by atoms with van der Waals surface area (Å²) in [4.78, 5) is 18.8. The van der Waals surface area contributed by atoms with Crippen molar-refractivity contribution in [1.29, 1.82) is 0 Å². The molecule has 0 bridgehead atoms. The second kappa shape index (κ2) is 5.37. The van der Waals surface area contributed by atoms with Crippen LogP contribution in [0, 0.1) is 17.0 Å². The molecule has 2 aromatic heterocycles. The molecule has 8 heteroatoms. The van der Waals surface area contributed by atoms with Gasteiger partial charge in [-0.15, -0.1) is 0 Å². The van der Waals surface area contributed by atoms with Crippen molar-refractivity contribution in [2.45, 2.75) is 23.7 Å². The van der Waals surface area contributed by atoms with Crippen LogP contribution in [0.4, 0.5) is 5.69 Å². The summed E-state index contributed by atoms with van der Waals surface area (Å²) in [5.41, 5.74) is 1.18. The number of nitrogens with zero attached hydrogens (tertiary/aromatic N) is 4. The van der Waals surface area contributed by atoms with Gasteiger partial charge in [-0.05, 0) is 24.8 Å². The summed E-state index contributed by atoms with van der Waals surface area (Å²) in [5, 5.41) is 21.0. The lowest BCUT2D eigenvalue weighted by molar-refractivity contribution is -0.388. The zero-order valence-electron chi connectivity index (χ0n) is 10.4. The minimum atomic E-state index is -0.444. The third-order valence-corrected chi connectivity index (χ3v) is 3.72. The highest BCUT2D eigenvalue weighted by Gasteiger charge is 2.21. The van der Waals surface area contributed by atoms with Gasteiger partial charge in [0.1, 0.15) is 0 Å². The van der Waals surface area contributed by atoms with Crippen molar-refractivity contribution in [3.63, 3.8) is 0 Å². The molecule has 2 heterocycles. The molecule has 0 unspecified atom stereocenters. The third-order valence-electron chi connectivity index (χ3n) is 2.67. The molecule has 0 saturated carbocycles. The Morgan fingerprint density at radius 2 is 2.26 bits per heavy atom. The van der Waals surface area contributed by atoms with Gasteiger partial charge in [-0.25, -0.2) is 9.97 Å². The molecule has 0 aliphatic rings. The van der Waals surface area contributed by atoms with Gasteiger partial charge in [0, 0.05) is 18.8 Å². The molecule has 7 nitrogen and oxygen atoms in total. The summed E-state index contributed by atoms with van der Waals surface area (Å²) >= 11 is 1.11. The van der Waals surface area contributed by atoms with Gasteiger partial charge in [-0.3, -0.25) is 10.1 Å². The average molecular weight is 280 g/mol. The monoisotopic (exact) mass is 280 g/mol. The van der Waals surface area contributed by atoms with Gasteiger partial charge in [0.25, 0.3) is 0 Å². The number of aliphatic hydroxyl groups excluding tert-OH is 1. The summed E-state index contributed by atoms with van der Waals surface area (Å²) < 4.78 is 1.68. The molecule has 19 heavy (non-hydrogen) atoms.